The lowest BCUT2D eigenvalue weighted by Gasteiger charge is -2.14. The first-order valence-electron chi connectivity index (χ1n) is 8.37. The molecule has 3 rings (SSSR count). The van der Waals surface area contributed by atoms with Gasteiger partial charge >= 0.3 is 0 Å². The molecule has 0 fully saturated rings. The second-order valence-corrected chi connectivity index (χ2v) is 5.62. The van der Waals surface area contributed by atoms with Gasteiger partial charge in [0.05, 0.1) is 14.2 Å². The van der Waals surface area contributed by atoms with Crippen molar-refractivity contribution in [2.75, 3.05) is 19.5 Å². The third-order valence-corrected chi connectivity index (χ3v) is 3.89. The summed E-state index contributed by atoms with van der Waals surface area (Å²) in [4.78, 5) is 17.1. The number of hydrogen-bond acceptors (Lipinski definition) is 5. The third kappa shape index (κ3) is 4.36. The lowest BCUT2D eigenvalue weighted by molar-refractivity contribution is 0.102. The molecule has 0 aliphatic rings. The van der Waals surface area contributed by atoms with Gasteiger partial charge in [0.25, 0.3) is 5.91 Å². The molecule has 1 amide bonds. The third-order valence-electron chi connectivity index (χ3n) is 3.89. The average molecular weight is 364 g/mol. The number of methoxy groups -OCH3 is 2. The van der Waals surface area contributed by atoms with Gasteiger partial charge in [-0.25, -0.2) is 4.98 Å². The van der Waals surface area contributed by atoms with Crippen LogP contribution in [-0.2, 0) is 6.61 Å². The minimum Gasteiger partial charge on any atom is -0.496 e. The van der Waals surface area contributed by atoms with Crippen molar-refractivity contribution in [3.8, 4) is 17.2 Å². The van der Waals surface area contributed by atoms with Crippen molar-refractivity contribution in [2.24, 2.45) is 0 Å². The smallest absolute Gasteiger partial charge is 0.264 e. The second kappa shape index (κ2) is 8.71. The molecule has 0 saturated carbocycles. The standard InChI is InChI=1S/C21H20N2O4/c1-25-16-10-6-11-17(26-2)19(16)21(24)23-20-18(12-7-13-22-20)27-14-15-8-4-3-5-9-15/h3-13H,14H2,1-2H3,(H,22,23,24). The number of rotatable bonds is 7. The van der Waals surface area contributed by atoms with Crippen LogP contribution in [0.4, 0.5) is 5.82 Å². The summed E-state index contributed by atoms with van der Waals surface area (Å²) in [6, 6.07) is 18.4. The van der Waals surface area contributed by atoms with Gasteiger partial charge in [0.1, 0.15) is 23.7 Å². The molecule has 0 saturated heterocycles. The Morgan fingerprint density at radius 2 is 1.56 bits per heavy atom. The number of anilines is 1. The minimum atomic E-state index is -0.396. The van der Waals surface area contributed by atoms with Crippen molar-refractivity contribution in [3.63, 3.8) is 0 Å². The number of hydrogen-bond donors (Lipinski definition) is 1. The van der Waals surface area contributed by atoms with Crippen LogP contribution < -0.4 is 19.5 Å². The van der Waals surface area contributed by atoms with Gasteiger partial charge in [0.15, 0.2) is 11.6 Å². The Morgan fingerprint density at radius 1 is 0.889 bits per heavy atom. The van der Waals surface area contributed by atoms with Gasteiger partial charge in [-0.15, -0.1) is 0 Å². The van der Waals surface area contributed by atoms with Crippen LogP contribution in [0.1, 0.15) is 15.9 Å². The SMILES string of the molecule is COc1cccc(OC)c1C(=O)Nc1ncccc1OCc1ccccc1. The largest absolute Gasteiger partial charge is 0.496 e. The number of aromatic nitrogens is 1. The molecule has 0 spiro atoms. The average Bonchev–Trinajstić information content (AvgIpc) is 2.73. The fourth-order valence-corrected chi connectivity index (χ4v) is 2.58. The fourth-order valence-electron chi connectivity index (χ4n) is 2.58. The van der Waals surface area contributed by atoms with E-state index in [-0.39, 0.29) is 0 Å². The predicted molar refractivity (Wildman–Crippen MR) is 103 cm³/mol. The fraction of sp³-hybridized carbons (Fsp3) is 0.143. The van der Waals surface area contributed by atoms with Gasteiger partial charge in [-0.05, 0) is 29.8 Å². The number of ether oxygens (including phenoxy) is 3. The number of nitrogens with zero attached hydrogens (tertiary/aromatic N) is 1. The maximum Gasteiger partial charge on any atom is 0.264 e. The molecule has 6 heteroatoms. The first-order valence-corrected chi connectivity index (χ1v) is 8.37. The summed E-state index contributed by atoms with van der Waals surface area (Å²) in [5.74, 6) is 1.23. The predicted octanol–water partition coefficient (Wildman–Crippen LogP) is 3.93. The summed E-state index contributed by atoms with van der Waals surface area (Å²) < 4.78 is 16.4. The van der Waals surface area contributed by atoms with Gasteiger partial charge in [0, 0.05) is 6.20 Å². The van der Waals surface area contributed by atoms with E-state index in [1.807, 2.05) is 30.3 Å². The Labute approximate surface area is 157 Å². The molecule has 2 aromatic carbocycles. The highest BCUT2D eigenvalue weighted by Gasteiger charge is 2.20. The van der Waals surface area contributed by atoms with Crippen LogP contribution in [0.3, 0.4) is 0 Å². The molecular weight excluding hydrogens is 344 g/mol. The number of benzene rings is 2. The van der Waals surface area contributed by atoms with Crippen LogP contribution in [0, 0.1) is 0 Å². The highest BCUT2D eigenvalue weighted by molar-refractivity contribution is 6.08. The van der Waals surface area contributed by atoms with Gasteiger partial charge in [0.2, 0.25) is 0 Å². The summed E-state index contributed by atoms with van der Waals surface area (Å²) >= 11 is 0. The normalized spacial score (nSPS) is 10.1. The molecule has 0 unspecified atom stereocenters. The van der Waals surface area contributed by atoms with E-state index < -0.39 is 5.91 Å². The number of nitrogens with one attached hydrogen (secondary N) is 1. The molecule has 0 bridgehead atoms. The molecule has 0 aliphatic carbocycles. The van der Waals surface area contributed by atoms with Crippen LogP contribution in [0.25, 0.3) is 0 Å². The number of carbonyl (C=O) groups is 1. The van der Waals surface area contributed by atoms with Gasteiger partial charge in [-0.3, -0.25) is 4.79 Å². The Hall–Kier alpha value is -3.54. The van der Waals surface area contributed by atoms with Crippen molar-refractivity contribution in [3.05, 3.63) is 78.0 Å². The van der Waals surface area contributed by atoms with Crippen LogP contribution in [0.15, 0.2) is 66.9 Å². The van der Waals surface area contributed by atoms with Crippen LogP contribution in [-0.4, -0.2) is 25.1 Å². The first-order chi connectivity index (χ1) is 13.2. The maximum atomic E-state index is 12.8. The maximum absolute atomic E-state index is 12.8. The van der Waals surface area contributed by atoms with Gasteiger partial charge < -0.3 is 19.5 Å². The van der Waals surface area contributed by atoms with Gasteiger partial charge in [-0.2, -0.15) is 0 Å². The molecule has 0 atom stereocenters. The van der Waals surface area contributed by atoms with Crippen molar-refractivity contribution < 1.29 is 19.0 Å². The molecule has 3 aromatic rings. The van der Waals surface area contributed by atoms with Crippen molar-refractivity contribution in [1.29, 1.82) is 0 Å². The molecule has 138 valence electrons. The molecule has 0 aliphatic heterocycles. The molecular formula is C21H20N2O4. The summed E-state index contributed by atoms with van der Waals surface area (Å²) in [7, 11) is 3.00. The summed E-state index contributed by atoms with van der Waals surface area (Å²) in [5, 5.41) is 2.78. The van der Waals surface area contributed by atoms with Crippen LogP contribution >= 0.6 is 0 Å². The van der Waals surface area contributed by atoms with E-state index >= 15 is 0 Å². The zero-order chi connectivity index (χ0) is 19.1. The minimum absolute atomic E-state index is 0.294. The zero-order valence-electron chi connectivity index (χ0n) is 15.1. The van der Waals surface area contributed by atoms with E-state index in [2.05, 4.69) is 10.3 Å². The Morgan fingerprint density at radius 3 is 2.22 bits per heavy atom. The van der Waals surface area contributed by atoms with Crippen LogP contribution in [0.5, 0.6) is 17.2 Å². The van der Waals surface area contributed by atoms with E-state index in [9.17, 15) is 4.79 Å². The molecule has 1 N–H and O–H groups in total. The Bertz CT molecular complexity index is 891. The van der Waals surface area contributed by atoms with Crippen molar-refractivity contribution >= 4 is 11.7 Å². The highest BCUT2D eigenvalue weighted by Crippen LogP contribution is 2.30. The Balaban J connectivity index is 1.81. The van der Waals surface area contributed by atoms with E-state index in [0.29, 0.717) is 35.2 Å². The summed E-state index contributed by atoms with van der Waals surface area (Å²) in [5.41, 5.74) is 1.31. The van der Waals surface area contributed by atoms with Gasteiger partial charge in [-0.1, -0.05) is 36.4 Å². The number of amides is 1. The Kier molecular flexibility index (Phi) is 5.89. The van der Waals surface area contributed by atoms with E-state index in [1.165, 1.54) is 14.2 Å². The number of pyridine rings is 1. The summed E-state index contributed by atoms with van der Waals surface area (Å²) in [6.07, 6.45) is 1.59. The lowest BCUT2D eigenvalue weighted by Crippen LogP contribution is -2.16. The van der Waals surface area contributed by atoms with Crippen LogP contribution in [0.2, 0.25) is 0 Å². The quantitative estimate of drug-likeness (QED) is 0.688. The molecule has 0 radical (unpaired) electrons. The summed E-state index contributed by atoms with van der Waals surface area (Å²) in [6.45, 7) is 0.368. The van der Waals surface area contributed by atoms with Crippen molar-refractivity contribution in [1.82, 2.24) is 4.98 Å². The van der Waals surface area contributed by atoms with Crippen molar-refractivity contribution in [2.45, 2.75) is 6.61 Å². The first kappa shape index (κ1) is 18.3. The molecule has 27 heavy (non-hydrogen) atoms. The van der Waals surface area contributed by atoms with E-state index in [0.717, 1.165) is 5.56 Å². The monoisotopic (exact) mass is 364 g/mol. The van der Waals surface area contributed by atoms with E-state index in [4.69, 9.17) is 14.2 Å². The van der Waals surface area contributed by atoms with E-state index in [1.54, 1.807) is 36.5 Å². The zero-order valence-corrected chi connectivity index (χ0v) is 15.1. The molecule has 1 heterocycles. The second-order valence-electron chi connectivity index (χ2n) is 5.62. The molecule has 6 nitrogen and oxygen atoms in total. The highest BCUT2D eigenvalue weighted by atomic mass is 16.5. The topological polar surface area (TPSA) is 69.7 Å². The lowest BCUT2D eigenvalue weighted by atomic mass is 10.1. The number of carbonyl (C=O) groups excluding carboxylic acids is 1. The molecule has 1 aromatic heterocycles.